The highest BCUT2D eigenvalue weighted by molar-refractivity contribution is 6.31. The summed E-state index contributed by atoms with van der Waals surface area (Å²) < 4.78 is 5.41. The van der Waals surface area contributed by atoms with Gasteiger partial charge in [0.1, 0.15) is 0 Å². The molecule has 0 amide bonds. The van der Waals surface area contributed by atoms with E-state index >= 15 is 0 Å². The van der Waals surface area contributed by atoms with Gasteiger partial charge in [-0.25, -0.2) is 0 Å². The molecular formula is C19H31ClN4O. The molecule has 0 aliphatic carbocycles. The maximum Gasteiger partial charge on any atom is 0.191 e. The van der Waals surface area contributed by atoms with Crippen LogP contribution in [0.2, 0.25) is 5.02 Å². The minimum Gasteiger partial charge on any atom is -0.379 e. The number of morpholine rings is 1. The van der Waals surface area contributed by atoms with Gasteiger partial charge < -0.3 is 15.4 Å². The smallest absolute Gasteiger partial charge is 0.191 e. The van der Waals surface area contributed by atoms with Crippen LogP contribution in [-0.4, -0.2) is 62.8 Å². The highest BCUT2D eigenvalue weighted by Gasteiger charge is 2.16. The fraction of sp³-hybridized carbons (Fsp3) is 0.632. The molecule has 1 unspecified atom stereocenters. The number of hydrogen-bond donors (Lipinski definition) is 2. The van der Waals surface area contributed by atoms with E-state index in [0.717, 1.165) is 69.8 Å². The van der Waals surface area contributed by atoms with Crippen LogP contribution in [0.5, 0.6) is 0 Å². The average molecular weight is 367 g/mol. The molecule has 1 aliphatic rings. The molecule has 1 aliphatic heterocycles. The van der Waals surface area contributed by atoms with E-state index < -0.39 is 0 Å². The molecule has 0 aromatic heterocycles. The zero-order valence-electron chi connectivity index (χ0n) is 15.4. The molecule has 0 bridgehead atoms. The molecule has 2 N–H and O–H groups in total. The Morgan fingerprint density at radius 3 is 2.76 bits per heavy atom. The van der Waals surface area contributed by atoms with Gasteiger partial charge in [-0.1, -0.05) is 29.8 Å². The number of nitrogens with one attached hydrogen (secondary N) is 2. The molecule has 1 atom stereocenters. The number of aryl methyl sites for hydroxylation is 1. The van der Waals surface area contributed by atoms with Gasteiger partial charge in [0.2, 0.25) is 0 Å². The molecular weight excluding hydrogens is 336 g/mol. The molecule has 0 radical (unpaired) electrons. The van der Waals surface area contributed by atoms with Gasteiger partial charge >= 0.3 is 0 Å². The van der Waals surface area contributed by atoms with Crippen molar-refractivity contribution in [3.63, 3.8) is 0 Å². The van der Waals surface area contributed by atoms with Crippen molar-refractivity contribution < 1.29 is 4.74 Å². The van der Waals surface area contributed by atoms with Crippen LogP contribution in [0.4, 0.5) is 0 Å². The lowest BCUT2D eigenvalue weighted by molar-refractivity contribution is 0.0220. The Balaban J connectivity index is 1.74. The molecule has 5 nitrogen and oxygen atoms in total. The Morgan fingerprint density at radius 1 is 1.28 bits per heavy atom. The van der Waals surface area contributed by atoms with Crippen molar-refractivity contribution >= 4 is 17.6 Å². The Kier molecular flexibility index (Phi) is 9.08. The molecule has 0 spiro atoms. The van der Waals surface area contributed by atoms with Crippen molar-refractivity contribution in [2.75, 3.05) is 45.9 Å². The number of rotatable bonds is 8. The van der Waals surface area contributed by atoms with Crippen molar-refractivity contribution in [1.29, 1.82) is 0 Å². The Bertz CT molecular complexity index is 532. The van der Waals surface area contributed by atoms with E-state index in [9.17, 15) is 0 Å². The number of hydrogen-bond acceptors (Lipinski definition) is 3. The normalized spacial score (nSPS) is 17.3. The van der Waals surface area contributed by atoms with Crippen LogP contribution in [-0.2, 0) is 11.2 Å². The van der Waals surface area contributed by atoms with Crippen LogP contribution >= 0.6 is 11.6 Å². The summed E-state index contributed by atoms with van der Waals surface area (Å²) in [7, 11) is 0. The molecule has 1 aromatic carbocycles. The van der Waals surface area contributed by atoms with Gasteiger partial charge in [-0.2, -0.15) is 0 Å². The van der Waals surface area contributed by atoms with Gasteiger partial charge in [-0.05, 0) is 38.3 Å². The number of guanidine groups is 1. The quantitative estimate of drug-likeness (QED) is 0.421. The van der Waals surface area contributed by atoms with Crippen molar-refractivity contribution in [2.24, 2.45) is 4.99 Å². The number of nitrogens with zero attached hydrogens (tertiary/aromatic N) is 2. The Labute approximate surface area is 156 Å². The predicted octanol–water partition coefficient (Wildman–Crippen LogP) is 2.55. The van der Waals surface area contributed by atoms with Gasteiger partial charge in [0.25, 0.3) is 0 Å². The summed E-state index contributed by atoms with van der Waals surface area (Å²) in [5, 5.41) is 7.59. The van der Waals surface area contributed by atoms with Crippen LogP contribution < -0.4 is 10.6 Å². The zero-order valence-corrected chi connectivity index (χ0v) is 16.2. The standard InChI is InChI=1S/C19H31ClN4O/c1-3-21-19(23-15-16(2)24-11-13-25-14-12-24)22-10-6-8-17-7-4-5-9-18(17)20/h4-5,7,9,16H,3,6,8,10-15H2,1-2H3,(H2,21,22,23). The fourth-order valence-electron chi connectivity index (χ4n) is 2.89. The fourth-order valence-corrected chi connectivity index (χ4v) is 3.12. The zero-order chi connectivity index (χ0) is 17.9. The largest absolute Gasteiger partial charge is 0.379 e. The van der Waals surface area contributed by atoms with Crippen molar-refractivity contribution in [1.82, 2.24) is 15.5 Å². The van der Waals surface area contributed by atoms with E-state index in [1.807, 2.05) is 18.2 Å². The van der Waals surface area contributed by atoms with Crippen molar-refractivity contribution in [3.05, 3.63) is 34.9 Å². The van der Waals surface area contributed by atoms with E-state index in [1.54, 1.807) is 0 Å². The first-order chi connectivity index (χ1) is 12.2. The van der Waals surface area contributed by atoms with Gasteiger partial charge in [0, 0.05) is 37.2 Å². The minimum absolute atomic E-state index is 0.433. The van der Waals surface area contributed by atoms with Gasteiger partial charge in [0.15, 0.2) is 5.96 Å². The summed E-state index contributed by atoms with van der Waals surface area (Å²) in [6.45, 7) is 10.5. The van der Waals surface area contributed by atoms with E-state index in [1.165, 1.54) is 5.56 Å². The molecule has 2 rings (SSSR count). The Morgan fingerprint density at radius 2 is 2.04 bits per heavy atom. The monoisotopic (exact) mass is 366 g/mol. The third-order valence-corrected chi connectivity index (χ3v) is 4.77. The summed E-state index contributed by atoms with van der Waals surface area (Å²) in [5.41, 5.74) is 1.20. The van der Waals surface area contributed by atoms with E-state index in [0.29, 0.717) is 6.04 Å². The summed E-state index contributed by atoms with van der Waals surface area (Å²) in [4.78, 5) is 7.18. The number of ether oxygens (including phenoxy) is 1. The summed E-state index contributed by atoms with van der Waals surface area (Å²) in [6, 6.07) is 8.47. The number of halogens is 1. The molecule has 1 aromatic rings. The predicted molar refractivity (Wildman–Crippen MR) is 106 cm³/mol. The lowest BCUT2D eigenvalue weighted by Crippen LogP contribution is -2.44. The molecule has 1 heterocycles. The first kappa shape index (κ1) is 20.0. The molecule has 6 heteroatoms. The second kappa shape index (κ2) is 11.3. The topological polar surface area (TPSA) is 48.9 Å². The number of benzene rings is 1. The lowest BCUT2D eigenvalue weighted by Gasteiger charge is -2.31. The van der Waals surface area contributed by atoms with Crippen molar-refractivity contribution in [3.8, 4) is 0 Å². The van der Waals surface area contributed by atoms with Gasteiger partial charge in [0.05, 0.1) is 19.8 Å². The average Bonchev–Trinajstić information content (AvgIpc) is 2.65. The molecule has 1 saturated heterocycles. The lowest BCUT2D eigenvalue weighted by atomic mass is 10.1. The highest BCUT2D eigenvalue weighted by atomic mass is 35.5. The van der Waals surface area contributed by atoms with Crippen molar-refractivity contribution in [2.45, 2.75) is 32.7 Å². The maximum atomic E-state index is 6.20. The third-order valence-electron chi connectivity index (χ3n) is 4.40. The maximum absolute atomic E-state index is 6.20. The molecule has 1 fully saturated rings. The second-order valence-corrected chi connectivity index (χ2v) is 6.75. The van der Waals surface area contributed by atoms with Crippen LogP contribution in [0.1, 0.15) is 25.8 Å². The summed E-state index contributed by atoms with van der Waals surface area (Å²) in [6.07, 6.45) is 1.99. The van der Waals surface area contributed by atoms with Crippen LogP contribution in [0.25, 0.3) is 0 Å². The molecule has 25 heavy (non-hydrogen) atoms. The first-order valence-corrected chi connectivity index (χ1v) is 9.66. The first-order valence-electron chi connectivity index (χ1n) is 9.28. The number of aliphatic imine (C=N–C) groups is 1. The third kappa shape index (κ3) is 7.22. The van der Waals surface area contributed by atoms with E-state index in [4.69, 9.17) is 21.3 Å². The van der Waals surface area contributed by atoms with E-state index in [2.05, 4.69) is 35.4 Å². The summed E-state index contributed by atoms with van der Waals surface area (Å²) >= 11 is 6.20. The minimum atomic E-state index is 0.433. The Hall–Kier alpha value is -1.30. The molecule has 0 saturated carbocycles. The summed E-state index contributed by atoms with van der Waals surface area (Å²) in [5.74, 6) is 0.891. The van der Waals surface area contributed by atoms with Gasteiger partial charge in [-0.15, -0.1) is 0 Å². The van der Waals surface area contributed by atoms with Crippen LogP contribution in [0, 0.1) is 0 Å². The second-order valence-electron chi connectivity index (χ2n) is 6.34. The SMILES string of the molecule is CCNC(=NCC(C)N1CCOCC1)NCCCc1ccccc1Cl. The van der Waals surface area contributed by atoms with Crippen LogP contribution in [0.15, 0.2) is 29.3 Å². The van der Waals surface area contributed by atoms with Crippen LogP contribution in [0.3, 0.4) is 0 Å². The van der Waals surface area contributed by atoms with Gasteiger partial charge in [-0.3, -0.25) is 9.89 Å². The molecule has 140 valence electrons. The van der Waals surface area contributed by atoms with E-state index in [-0.39, 0.29) is 0 Å². The highest BCUT2D eigenvalue weighted by Crippen LogP contribution is 2.16.